The van der Waals surface area contributed by atoms with Gasteiger partial charge < -0.3 is 10.0 Å². The smallest absolute Gasteiger partial charge is 0.0812 e. The molecule has 0 radical (unpaired) electrons. The van der Waals surface area contributed by atoms with Gasteiger partial charge in [0.15, 0.2) is 0 Å². The molecule has 1 atom stereocenters. The molecule has 0 aliphatic heterocycles. The lowest BCUT2D eigenvalue weighted by Crippen LogP contribution is -2.21. The Morgan fingerprint density at radius 2 is 1.56 bits per heavy atom. The molecule has 0 bridgehead atoms. The average Bonchev–Trinajstić information content (AvgIpc) is 2.30. The number of rotatable bonds is 5. The molecule has 0 aromatic heterocycles. The fraction of sp³-hybridized carbons (Fsp3) is 0.571. The monoisotopic (exact) mass is 221 g/mol. The van der Waals surface area contributed by atoms with Crippen LogP contribution in [-0.2, 0) is 0 Å². The third-order valence-corrected chi connectivity index (χ3v) is 2.99. The molecule has 2 heteroatoms. The van der Waals surface area contributed by atoms with Gasteiger partial charge >= 0.3 is 0 Å². The fourth-order valence-corrected chi connectivity index (χ4v) is 1.86. The van der Waals surface area contributed by atoms with E-state index in [1.54, 1.807) is 0 Å². The summed E-state index contributed by atoms with van der Waals surface area (Å²) < 4.78 is 0. The number of hydrogen-bond donors (Lipinski definition) is 1. The summed E-state index contributed by atoms with van der Waals surface area (Å²) in [5.41, 5.74) is 2.23. The van der Waals surface area contributed by atoms with Crippen LogP contribution in [-0.4, -0.2) is 18.2 Å². The van der Waals surface area contributed by atoms with Crippen molar-refractivity contribution in [2.75, 3.05) is 18.0 Å². The first-order valence-electron chi connectivity index (χ1n) is 6.13. The van der Waals surface area contributed by atoms with Gasteiger partial charge in [0.25, 0.3) is 0 Å². The van der Waals surface area contributed by atoms with Gasteiger partial charge in [-0.05, 0) is 37.5 Å². The maximum absolute atomic E-state index is 9.93. The van der Waals surface area contributed by atoms with E-state index >= 15 is 0 Å². The van der Waals surface area contributed by atoms with Gasteiger partial charge in [0.05, 0.1) is 6.10 Å². The second-order valence-corrected chi connectivity index (χ2v) is 4.45. The summed E-state index contributed by atoms with van der Waals surface area (Å²) in [5.74, 6) is 0.263. The molecule has 2 nitrogen and oxygen atoms in total. The van der Waals surface area contributed by atoms with Crippen molar-refractivity contribution in [1.82, 2.24) is 0 Å². The van der Waals surface area contributed by atoms with Gasteiger partial charge in [-0.25, -0.2) is 0 Å². The van der Waals surface area contributed by atoms with Crippen molar-refractivity contribution in [1.29, 1.82) is 0 Å². The minimum atomic E-state index is -0.356. The Hall–Kier alpha value is -1.02. The molecule has 16 heavy (non-hydrogen) atoms. The summed E-state index contributed by atoms with van der Waals surface area (Å²) in [6.45, 7) is 10.4. The maximum atomic E-state index is 9.93. The van der Waals surface area contributed by atoms with Crippen LogP contribution in [0.3, 0.4) is 0 Å². The van der Waals surface area contributed by atoms with Gasteiger partial charge in [0, 0.05) is 18.8 Å². The zero-order valence-corrected chi connectivity index (χ0v) is 10.8. The Balaban J connectivity index is 2.82. The highest BCUT2D eigenvalue weighted by Gasteiger charge is 2.11. The van der Waals surface area contributed by atoms with E-state index in [2.05, 4.69) is 30.9 Å². The summed E-state index contributed by atoms with van der Waals surface area (Å²) in [7, 11) is 0. The topological polar surface area (TPSA) is 23.5 Å². The highest BCUT2D eigenvalue weighted by molar-refractivity contribution is 5.47. The van der Waals surface area contributed by atoms with Crippen LogP contribution in [0.4, 0.5) is 5.69 Å². The molecule has 0 fully saturated rings. The molecule has 0 saturated carbocycles. The van der Waals surface area contributed by atoms with E-state index in [0.29, 0.717) is 0 Å². The summed E-state index contributed by atoms with van der Waals surface area (Å²) in [6.07, 6.45) is -0.356. The van der Waals surface area contributed by atoms with E-state index in [0.717, 1.165) is 18.7 Å². The van der Waals surface area contributed by atoms with Crippen LogP contribution in [0.2, 0.25) is 0 Å². The normalized spacial score (nSPS) is 12.9. The van der Waals surface area contributed by atoms with Crippen molar-refractivity contribution in [3.63, 3.8) is 0 Å². The van der Waals surface area contributed by atoms with E-state index in [9.17, 15) is 5.11 Å². The quantitative estimate of drug-likeness (QED) is 0.825. The molecule has 1 N–H and O–H groups in total. The van der Waals surface area contributed by atoms with Crippen molar-refractivity contribution in [3.05, 3.63) is 29.8 Å². The lowest BCUT2D eigenvalue weighted by Gasteiger charge is -2.22. The van der Waals surface area contributed by atoms with Crippen LogP contribution in [0, 0.1) is 5.92 Å². The number of benzene rings is 1. The first kappa shape index (κ1) is 13.0. The fourth-order valence-electron chi connectivity index (χ4n) is 1.86. The third kappa shape index (κ3) is 2.99. The van der Waals surface area contributed by atoms with Crippen molar-refractivity contribution >= 4 is 5.69 Å². The van der Waals surface area contributed by atoms with Crippen molar-refractivity contribution in [3.8, 4) is 0 Å². The Bertz CT molecular complexity index is 280. The Morgan fingerprint density at radius 1 is 1.06 bits per heavy atom. The van der Waals surface area contributed by atoms with Crippen molar-refractivity contribution in [2.24, 2.45) is 5.92 Å². The molecular formula is C14H23NO. The van der Waals surface area contributed by atoms with Gasteiger partial charge in [-0.2, -0.15) is 0 Å². The predicted molar refractivity (Wildman–Crippen MR) is 69.8 cm³/mol. The van der Waals surface area contributed by atoms with E-state index in [-0.39, 0.29) is 12.0 Å². The SMILES string of the molecule is CCN(CC)c1ccc(C(O)C(C)C)cc1. The second kappa shape index (κ2) is 5.90. The third-order valence-electron chi connectivity index (χ3n) is 2.99. The molecule has 1 rings (SSSR count). The van der Waals surface area contributed by atoms with Gasteiger partial charge in [-0.15, -0.1) is 0 Å². The average molecular weight is 221 g/mol. The number of anilines is 1. The molecular weight excluding hydrogens is 198 g/mol. The number of aliphatic hydroxyl groups excluding tert-OH is 1. The first-order valence-corrected chi connectivity index (χ1v) is 6.13. The van der Waals surface area contributed by atoms with Gasteiger partial charge in [-0.1, -0.05) is 26.0 Å². The van der Waals surface area contributed by atoms with E-state index in [1.165, 1.54) is 5.69 Å². The van der Waals surface area contributed by atoms with Crippen LogP contribution >= 0.6 is 0 Å². The van der Waals surface area contributed by atoms with Gasteiger partial charge in [0.2, 0.25) is 0 Å². The Kier molecular flexibility index (Phi) is 4.81. The summed E-state index contributed by atoms with van der Waals surface area (Å²) >= 11 is 0. The maximum Gasteiger partial charge on any atom is 0.0812 e. The molecule has 0 amide bonds. The van der Waals surface area contributed by atoms with Crippen molar-refractivity contribution < 1.29 is 5.11 Å². The molecule has 0 saturated heterocycles. The molecule has 0 aliphatic carbocycles. The van der Waals surface area contributed by atoms with Crippen LogP contribution < -0.4 is 4.90 Å². The molecule has 1 aromatic carbocycles. The lowest BCUT2D eigenvalue weighted by molar-refractivity contribution is 0.127. The predicted octanol–water partition coefficient (Wildman–Crippen LogP) is 3.22. The summed E-state index contributed by atoms with van der Waals surface area (Å²) in [4.78, 5) is 2.30. The van der Waals surface area contributed by atoms with E-state index < -0.39 is 0 Å². The zero-order chi connectivity index (χ0) is 12.1. The molecule has 90 valence electrons. The largest absolute Gasteiger partial charge is 0.388 e. The van der Waals surface area contributed by atoms with Crippen molar-refractivity contribution in [2.45, 2.75) is 33.8 Å². The molecule has 1 aromatic rings. The molecule has 1 unspecified atom stereocenters. The second-order valence-electron chi connectivity index (χ2n) is 4.45. The van der Waals surface area contributed by atoms with E-state index in [4.69, 9.17) is 0 Å². The molecule has 0 aliphatic rings. The first-order chi connectivity index (χ1) is 7.60. The number of aliphatic hydroxyl groups is 1. The number of nitrogens with zero attached hydrogens (tertiary/aromatic N) is 1. The van der Waals surface area contributed by atoms with Crippen LogP contribution in [0.25, 0.3) is 0 Å². The zero-order valence-electron chi connectivity index (χ0n) is 10.8. The van der Waals surface area contributed by atoms with E-state index in [1.807, 2.05) is 26.0 Å². The van der Waals surface area contributed by atoms with Crippen LogP contribution in [0.5, 0.6) is 0 Å². The summed E-state index contributed by atoms with van der Waals surface area (Å²) in [6, 6.07) is 8.23. The minimum absolute atomic E-state index is 0.263. The van der Waals surface area contributed by atoms with Gasteiger partial charge in [0.1, 0.15) is 0 Å². The summed E-state index contributed by atoms with van der Waals surface area (Å²) in [5, 5.41) is 9.93. The van der Waals surface area contributed by atoms with Gasteiger partial charge in [-0.3, -0.25) is 0 Å². The molecule has 0 spiro atoms. The lowest BCUT2D eigenvalue weighted by atomic mass is 9.99. The van der Waals surface area contributed by atoms with Crippen LogP contribution in [0.15, 0.2) is 24.3 Å². The van der Waals surface area contributed by atoms with Crippen LogP contribution in [0.1, 0.15) is 39.4 Å². The highest BCUT2D eigenvalue weighted by atomic mass is 16.3. The standard InChI is InChI=1S/C14H23NO/c1-5-15(6-2)13-9-7-12(8-10-13)14(16)11(3)4/h7-11,14,16H,5-6H2,1-4H3. The molecule has 0 heterocycles. The highest BCUT2D eigenvalue weighted by Crippen LogP contribution is 2.23. The number of hydrogen-bond acceptors (Lipinski definition) is 2. The Morgan fingerprint density at radius 3 is 1.94 bits per heavy atom. The minimum Gasteiger partial charge on any atom is -0.388 e. The Labute approximate surface area is 98.9 Å².